The molecule has 0 aliphatic rings. The van der Waals surface area contributed by atoms with Gasteiger partial charge in [0.2, 0.25) is 0 Å². The first-order chi connectivity index (χ1) is 10.1. The lowest BCUT2D eigenvalue weighted by Crippen LogP contribution is -2.13. The Bertz CT molecular complexity index is 727. The van der Waals surface area contributed by atoms with Gasteiger partial charge in [-0.3, -0.25) is 4.79 Å². The molecule has 0 aliphatic heterocycles. The Balaban J connectivity index is 2.18. The number of nitrogens with one attached hydrogen (secondary N) is 1. The van der Waals surface area contributed by atoms with E-state index in [4.69, 9.17) is 5.11 Å². The van der Waals surface area contributed by atoms with E-state index in [2.05, 4.69) is 22.1 Å². The van der Waals surface area contributed by atoms with Crippen LogP contribution in [0.4, 0.5) is 5.82 Å². The maximum atomic E-state index is 12.2. The number of carbonyl (C=O) groups is 1. The monoisotopic (exact) mass is 280 g/mol. The molecule has 0 bridgehead atoms. The molecule has 106 valence electrons. The normalized spacial score (nSPS) is 9.67. The van der Waals surface area contributed by atoms with E-state index in [1.165, 1.54) is 0 Å². The summed E-state index contributed by atoms with van der Waals surface area (Å²) in [5.41, 5.74) is 3.08. The molecule has 4 heteroatoms. The zero-order chi connectivity index (χ0) is 15.2. The van der Waals surface area contributed by atoms with Crippen molar-refractivity contribution in [2.45, 2.75) is 13.8 Å². The molecule has 1 aromatic heterocycles. The first-order valence-corrected chi connectivity index (χ1v) is 6.55. The molecule has 0 unspecified atom stereocenters. The molecule has 0 saturated carbocycles. The van der Waals surface area contributed by atoms with Crippen LogP contribution in [0.3, 0.4) is 0 Å². The highest BCUT2D eigenvalue weighted by Crippen LogP contribution is 2.12. The summed E-state index contributed by atoms with van der Waals surface area (Å²) in [6, 6.07) is 10.7. The van der Waals surface area contributed by atoms with Crippen molar-refractivity contribution in [3.63, 3.8) is 0 Å². The summed E-state index contributed by atoms with van der Waals surface area (Å²) < 4.78 is 0. The molecule has 0 aliphatic carbocycles. The number of aliphatic hydroxyl groups is 1. The SMILES string of the molecule is Cc1cccc(NC(=O)c2ccc(C#CCO)c(C)c2)n1. The van der Waals surface area contributed by atoms with Crippen LogP contribution < -0.4 is 5.32 Å². The third-order valence-corrected chi connectivity index (χ3v) is 2.92. The van der Waals surface area contributed by atoms with Crippen LogP contribution in [0.5, 0.6) is 0 Å². The molecule has 1 heterocycles. The summed E-state index contributed by atoms with van der Waals surface area (Å²) in [7, 11) is 0. The molecule has 2 aromatic rings. The molecule has 0 spiro atoms. The number of anilines is 1. The van der Waals surface area contributed by atoms with Crippen LogP contribution in [0.2, 0.25) is 0 Å². The van der Waals surface area contributed by atoms with Gasteiger partial charge in [0.15, 0.2) is 0 Å². The Hall–Kier alpha value is -2.64. The molecule has 2 rings (SSSR count). The van der Waals surface area contributed by atoms with Crippen molar-refractivity contribution in [1.29, 1.82) is 0 Å². The molecule has 0 saturated heterocycles. The minimum absolute atomic E-state index is 0.180. The third kappa shape index (κ3) is 3.91. The lowest BCUT2D eigenvalue weighted by Gasteiger charge is -2.06. The van der Waals surface area contributed by atoms with E-state index in [0.29, 0.717) is 11.4 Å². The number of hydrogen-bond donors (Lipinski definition) is 2. The lowest BCUT2D eigenvalue weighted by atomic mass is 10.0. The quantitative estimate of drug-likeness (QED) is 0.830. The lowest BCUT2D eigenvalue weighted by molar-refractivity contribution is 0.102. The van der Waals surface area contributed by atoms with Crippen LogP contribution in [0.1, 0.15) is 27.2 Å². The third-order valence-electron chi connectivity index (χ3n) is 2.92. The Labute approximate surface area is 123 Å². The predicted molar refractivity (Wildman–Crippen MR) is 82.1 cm³/mol. The fourth-order valence-electron chi connectivity index (χ4n) is 1.88. The number of aliphatic hydroxyl groups excluding tert-OH is 1. The summed E-state index contributed by atoms with van der Waals surface area (Å²) in [5, 5.41) is 11.5. The van der Waals surface area contributed by atoms with Crippen molar-refractivity contribution >= 4 is 11.7 Å². The topological polar surface area (TPSA) is 62.2 Å². The Morgan fingerprint density at radius 1 is 1.29 bits per heavy atom. The largest absolute Gasteiger partial charge is 0.384 e. The van der Waals surface area contributed by atoms with Gasteiger partial charge in [0.1, 0.15) is 12.4 Å². The average molecular weight is 280 g/mol. The van der Waals surface area contributed by atoms with Gasteiger partial charge in [-0.2, -0.15) is 0 Å². The van der Waals surface area contributed by atoms with E-state index < -0.39 is 0 Å². The maximum Gasteiger partial charge on any atom is 0.256 e. The highest BCUT2D eigenvalue weighted by molar-refractivity contribution is 6.04. The van der Waals surface area contributed by atoms with E-state index in [1.807, 2.05) is 26.0 Å². The molecular weight excluding hydrogens is 264 g/mol. The van der Waals surface area contributed by atoms with Gasteiger partial charge in [0.05, 0.1) is 0 Å². The fourth-order valence-corrected chi connectivity index (χ4v) is 1.88. The summed E-state index contributed by atoms with van der Waals surface area (Å²) in [6.07, 6.45) is 0. The number of benzene rings is 1. The number of carbonyl (C=O) groups excluding carboxylic acids is 1. The number of amides is 1. The van der Waals surface area contributed by atoms with Gasteiger partial charge in [-0.15, -0.1) is 0 Å². The maximum absolute atomic E-state index is 12.2. The van der Waals surface area contributed by atoms with Gasteiger partial charge in [-0.25, -0.2) is 4.98 Å². The fraction of sp³-hybridized carbons (Fsp3) is 0.176. The van der Waals surface area contributed by atoms with Gasteiger partial charge in [-0.05, 0) is 49.7 Å². The second-order valence-electron chi connectivity index (χ2n) is 4.61. The first kappa shape index (κ1) is 14.8. The van der Waals surface area contributed by atoms with Crippen molar-refractivity contribution in [2.75, 3.05) is 11.9 Å². The van der Waals surface area contributed by atoms with E-state index >= 15 is 0 Å². The summed E-state index contributed by atoms with van der Waals surface area (Å²) in [5.74, 6) is 5.76. The van der Waals surface area contributed by atoms with Crippen molar-refractivity contribution in [3.8, 4) is 11.8 Å². The standard InChI is InChI=1S/C17H16N2O2/c1-12-11-15(9-8-14(12)6-4-10-20)17(21)19-16-7-3-5-13(2)18-16/h3,5,7-9,11,20H,10H2,1-2H3,(H,18,19,21). The molecule has 0 fully saturated rings. The van der Waals surface area contributed by atoms with Crippen LogP contribution >= 0.6 is 0 Å². The van der Waals surface area contributed by atoms with Crippen LogP contribution in [-0.2, 0) is 0 Å². The average Bonchev–Trinajstić information content (AvgIpc) is 2.46. The highest BCUT2D eigenvalue weighted by Gasteiger charge is 2.08. The molecule has 4 nitrogen and oxygen atoms in total. The number of nitrogens with zero attached hydrogens (tertiary/aromatic N) is 1. The number of rotatable bonds is 2. The van der Waals surface area contributed by atoms with Crippen LogP contribution in [-0.4, -0.2) is 22.6 Å². The minimum Gasteiger partial charge on any atom is -0.384 e. The van der Waals surface area contributed by atoms with Gasteiger partial charge in [0, 0.05) is 16.8 Å². The van der Waals surface area contributed by atoms with Gasteiger partial charge < -0.3 is 10.4 Å². The summed E-state index contributed by atoms with van der Waals surface area (Å²) in [6.45, 7) is 3.57. The molecule has 0 atom stereocenters. The Morgan fingerprint density at radius 3 is 2.76 bits per heavy atom. The van der Waals surface area contributed by atoms with E-state index in [1.54, 1.807) is 24.3 Å². The molecule has 21 heavy (non-hydrogen) atoms. The molecular formula is C17H16N2O2. The number of pyridine rings is 1. The minimum atomic E-state index is -0.210. The van der Waals surface area contributed by atoms with Crippen molar-refractivity contribution in [1.82, 2.24) is 4.98 Å². The van der Waals surface area contributed by atoms with E-state index in [0.717, 1.165) is 16.8 Å². The van der Waals surface area contributed by atoms with Crippen LogP contribution in [0.15, 0.2) is 36.4 Å². The van der Waals surface area contributed by atoms with Crippen LogP contribution in [0, 0.1) is 25.7 Å². The molecule has 2 N–H and O–H groups in total. The number of aryl methyl sites for hydroxylation is 2. The Kier molecular flexibility index (Phi) is 4.70. The van der Waals surface area contributed by atoms with Gasteiger partial charge >= 0.3 is 0 Å². The second kappa shape index (κ2) is 6.69. The van der Waals surface area contributed by atoms with Crippen LogP contribution in [0.25, 0.3) is 0 Å². The first-order valence-electron chi connectivity index (χ1n) is 6.55. The van der Waals surface area contributed by atoms with Gasteiger partial charge in [0.25, 0.3) is 5.91 Å². The predicted octanol–water partition coefficient (Wildman–Crippen LogP) is 2.29. The smallest absolute Gasteiger partial charge is 0.256 e. The highest BCUT2D eigenvalue weighted by atomic mass is 16.2. The summed E-state index contributed by atoms with van der Waals surface area (Å²) >= 11 is 0. The zero-order valence-electron chi connectivity index (χ0n) is 12.0. The van der Waals surface area contributed by atoms with E-state index in [9.17, 15) is 4.79 Å². The molecule has 1 aromatic carbocycles. The second-order valence-corrected chi connectivity index (χ2v) is 4.61. The van der Waals surface area contributed by atoms with E-state index in [-0.39, 0.29) is 12.5 Å². The van der Waals surface area contributed by atoms with Gasteiger partial charge in [-0.1, -0.05) is 17.9 Å². The van der Waals surface area contributed by atoms with Crippen molar-refractivity contribution < 1.29 is 9.90 Å². The molecule has 0 radical (unpaired) electrons. The number of aromatic nitrogens is 1. The Morgan fingerprint density at radius 2 is 2.10 bits per heavy atom. The summed E-state index contributed by atoms with van der Waals surface area (Å²) in [4.78, 5) is 16.4. The van der Waals surface area contributed by atoms with Crippen molar-refractivity contribution in [2.24, 2.45) is 0 Å². The molecule has 1 amide bonds. The number of hydrogen-bond acceptors (Lipinski definition) is 3. The zero-order valence-corrected chi connectivity index (χ0v) is 12.0. The van der Waals surface area contributed by atoms with Crippen molar-refractivity contribution in [3.05, 3.63) is 58.8 Å².